The van der Waals surface area contributed by atoms with Gasteiger partial charge in [-0.2, -0.15) is 0 Å². The van der Waals surface area contributed by atoms with Gasteiger partial charge in [0.1, 0.15) is 11.9 Å². The molecule has 0 aliphatic carbocycles. The van der Waals surface area contributed by atoms with Gasteiger partial charge in [0.15, 0.2) is 0 Å². The number of aliphatic imine (C=N–C) groups is 1. The van der Waals surface area contributed by atoms with Crippen molar-refractivity contribution in [1.82, 2.24) is 5.32 Å². The second-order valence-corrected chi connectivity index (χ2v) is 7.13. The molecule has 1 atom stereocenters. The zero-order valence-electron chi connectivity index (χ0n) is 14.9. The Labute approximate surface area is 181 Å². The van der Waals surface area contributed by atoms with Crippen molar-refractivity contribution < 1.29 is 13.9 Å². The Bertz CT molecular complexity index is 949. The first-order chi connectivity index (χ1) is 12.9. The number of hydrogen-bond acceptors (Lipinski definition) is 5. The maximum absolute atomic E-state index is 13.4. The summed E-state index contributed by atoms with van der Waals surface area (Å²) < 4.78 is 18.7. The van der Waals surface area contributed by atoms with Gasteiger partial charge in [-0.1, -0.05) is 23.7 Å². The molecule has 2 N–H and O–H groups in total. The number of anilines is 1. The molecule has 2 aromatic carbocycles. The van der Waals surface area contributed by atoms with E-state index in [2.05, 4.69) is 31.6 Å². The molecule has 3 rings (SSSR count). The number of benzene rings is 2. The van der Waals surface area contributed by atoms with Gasteiger partial charge in [-0.3, -0.25) is 0 Å². The third-order valence-electron chi connectivity index (χ3n) is 4.01. The van der Waals surface area contributed by atoms with Gasteiger partial charge >= 0.3 is 5.97 Å². The number of ether oxygens (including phenoxy) is 1. The van der Waals surface area contributed by atoms with Crippen LogP contribution < -0.4 is 10.6 Å². The Morgan fingerprint density at radius 3 is 2.57 bits per heavy atom. The van der Waals surface area contributed by atoms with E-state index in [1.807, 2.05) is 12.1 Å². The molecule has 2 aromatic rings. The van der Waals surface area contributed by atoms with Gasteiger partial charge < -0.3 is 15.4 Å². The molecule has 28 heavy (non-hydrogen) atoms. The Balaban J connectivity index is 0.00000280. The summed E-state index contributed by atoms with van der Waals surface area (Å²) in [4.78, 5) is 16.9. The molecule has 1 aliphatic rings. The average molecular weight is 489 g/mol. The summed E-state index contributed by atoms with van der Waals surface area (Å²) >= 11 is 9.13. The van der Waals surface area contributed by atoms with Crippen LogP contribution >= 0.6 is 39.9 Å². The number of halogens is 4. The number of rotatable bonds is 3. The van der Waals surface area contributed by atoms with Crippen LogP contribution in [0.15, 0.2) is 63.2 Å². The summed E-state index contributed by atoms with van der Waals surface area (Å²) in [5.74, 6) is -0.395. The van der Waals surface area contributed by atoms with Crippen molar-refractivity contribution in [3.8, 4) is 0 Å². The lowest BCUT2D eigenvalue weighted by Gasteiger charge is -2.26. The van der Waals surface area contributed by atoms with Gasteiger partial charge in [0.05, 0.1) is 17.2 Å². The van der Waals surface area contributed by atoms with Gasteiger partial charge in [0.25, 0.3) is 0 Å². The number of carbonyl (C=O) groups is 1. The highest BCUT2D eigenvalue weighted by Gasteiger charge is 2.30. The molecule has 9 heteroatoms. The van der Waals surface area contributed by atoms with Gasteiger partial charge in [-0.05, 0) is 58.7 Å². The quantitative estimate of drug-likeness (QED) is 0.581. The Kier molecular flexibility index (Phi) is 7.46. The number of carbonyl (C=O) groups excluding carboxylic acids is 1. The van der Waals surface area contributed by atoms with Gasteiger partial charge in [0, 0.05) is 16.4 Å². The van der Waals surface area contributed by atoms with Gasteiger partial charge in [-0.15, -0.1) is 12.4 Å². The maximum atomic E-state index is 13.4. The van der Waals surface area contributed by atoms with E-state index in [1.165, 1.54) is 13.2 Å². The third-order valence-corrected chi connectivity index (χ3v) is 4.87. The predicted molar refractivity (Wildman–Crippen MR) is 114 cm³/mol. The standard InChI is InChI=1S/C19H16BrClFN3O2.ClH/c1-10-16(18(26)27-2)17(11-3-5-12(21)6-4-11)25-19(23-10)24-13-7-8-15(22)14(20)9-13;/h3-9,17H,1-2H3,(H2,23,24,25);1H. The van der Waals surface area contributed by atoms with E-state index in [-0.39, 0.29) is 18.2 Å². The summed E-state index contributed by atoms with van der Waals surface area (Å²) in [6.07, 6.45) is 0. The number of methoxy groups -OCH3 is 1. The second kappa shape index (κ2) is 9.41. The molecule has 148 valence electrons. The van der Waals surface area contributed by atoms with Crippen LogP contribution in [0.3, 0.4) is 0 Å². The number of nitrogens with zero attached hydrogens (tertiary/aromatic N) is 1. The number of esters is 1. The zero-order chi connectivity index (χ0) is 19.6. The molecule has 0 radical (unpaired) electrons. The topological polar surface area (TPSA) is 62.7 Å². The summed E-state index contributed by atoms with van der Waals surface area (Å²) in [6, 6.07) is 11.1. The molecule has 0 saturated heterocycles. The van der Waals surface area contributed by atoms with Crippen LogP contribution in [0.25, 0.3) is 0 Å². The molecule has 1 unspecified atom stereocenters. The lowest BCUT2D eigenvalue weighted by molar-refractivity contribution is -0.136. The largest absolute Gasteiger partial charge is 0.466 e. The highest BCUT2D eigenvalue weighted by molar-refractivity contribution is 9.10. The molecule has 1 aliphatic heterocycles. The fourth-order valence-corrected chi connectivity index (χ4v) is 3.22. The Morgan fingerprint density at radius 1 is 1.29 bits per heavy atom. The van der Waals surface area contributed by atoms with Crippen LogP contribution in [0.5, 0.6) is 0 Å². The van der Waals surface area contributed by atoms with Crippen molar-refractivity contribution >= 4 is 57.6 Å². The van der Waals surface area contributed by atoms with Crippen molar-refractivity contribution in [2.24, 2.45) is 4.99 Å². The summed E-state index contributed by atoms with van der Waals surface area (Å²) in [5, 5.41) is 6.75. The van der Waals surface area contributed by atoms with E-state index in [9.17, 15) is 9.18 Å². The number of nitrogens with one attached hydrogen (secondary N) is 2. The number of allylic oxidation sites excluding steroid dienone is 1. The van der Waals surface area contributed by atoms with Crippen LogP contribution in [-0.4, -0.2) is 19.0 Å². The number of guanidine groups is 1. The smallest absolute Gasteiger partial charge is 0.338 e. The van der Waals surface area contributed by atoms with Crippen molar-refractivity contribution in [2.75, 3.05) is 12.4 Å². The van der Waals surface area contributed by atoms with Crippen molar-refractivity contribution in [2.45, 2.75) is 13.0 Å². The van der Waals surface area contributed by atoms with E-state index in [0.717, 1.165) is 5.56 Å². The molecule has 5 nitrogen and oxygen atoms in total. The molecule has 1 heterocycles. The monoisotopic (exact) mass is 487 g/mol. The first kappa shape index (κ1) is 22.2. The van der Waals surface area contributed by atoms with Crippen LogP contribution in [0, 0.1) is 5.82 Å². The van der Waals surface area contributed by atoms with E-state index >= 15 is 0 Å². The minimum absolute atomic E-state index is 0. The van der Waals surface area contributed by atoms with Crippen molar-refractivity contribution in [1.29, 1.82) is 0 Å². The predicted octanol–water partition coefficient (Wildman–Crippen LogP) is 5.22. The van der Waals surface area contributed by atoms with Crippen LogP contribution in [0.4, 0.5) is 10.1 Å². The van der Waals surface area contributed by atoms with E-state index in [1.54, 1.807) is 31.2 Å². The highest BCUT2D eigenvalue weighted by atomic mass is 79.9. The Hall–Kier alpha value is -2.09. The van der Waals surface area contributed by atoms with Gasteiger partial charge in [0.2, 0.25) is 5.96 Å². The number of hydrogen-bond donors (Lipinski definition) is 2. The third kappa shape index (κ3) is 4.84. The molecule has 0 aromatic heterocycles. The molecule has 0 amide bonds. The second-order valence-electron chi connectivity index (χ2n) is 5.84. The van der Waals surface area contributed by atoms with Crippen molar-refractivity contribution in [3.05, 3.63) is 74.6 Å². The SMILES string of the molecule is COC(=O)C1=C(C)NC(Nc2ccc(F)c(Br)c2)=NC1c1ccc(Cl)cc1.Cl. The average Bonchev–Trinajstić information content (AvgIpc) is 2.64. The summed E-state index contributed by atoms with van der Waals surface area (Å²) in [7, 11) is 1.33. The van der Waals surface area contributed by atoms with Gasteiger partial charge in [-0.25, -0.2) is 14.2 Å². The lowest BCUT2D eigenvalue weighted by Crippen LogP contribution is -2.36. The fraction of sp³-hybridized carbons (Fsp3) is 0.158. The summed E-state index contributed by atoms with van der Waals surface area (Å²) in [5.41, 5.74) is 2.45. The van der Waals surface area contributed by atoms with E-state index < -0.39 is 12.0 Å². The lowest BCUT2D eigenvalue weighted by atomic mass is 9.96. The highest BCUT2D eigenvalue weighted by Crippen LogP contribution is 2.32. The first-order valence-electron chi connectivity index (χ1n) is 8.00. The summed E-state index contributed by atoms with van der Waals surface area (Å²) in [6.45, 7) is 1.77. The fourth-order valence-electron chi connectivity index (χ4n) is 2.71. The van der Waals surface area contributed by atoms with E-state index in [0.29, 0.717) is 32.4 Å². The van der Waals surface area contributed by atoms with Crippen LogP contribution in [-0.2, 0) is 9.53 Å². The molecule has 0 bridgehead atoms. The zero-order valence-corrected chi connectivity index (χ0v) is 18.1. The maximum Gasteiger partial charge on any atom is 0.338 e. The normalized spacial score (nSPS) is 15.9. The first-order valence-corrected chi connectivity index (χ1v) is 9.17. The Morgan fingerprint density at radius 2 is 1.96 bits per heavy atom. The van der Waals surface area contributed by atoms with Crippen molar-refractivity contribution in [3.63, 3.8) is 0 Å². The molecule has 0 fully saturated rings. The molecular weight excluding hydrogens is 472 g/mol. The van der Waals surface area contributed by atoms with E-state index in [4.69, 9.17) is 16.3 Å². The van der Waals surface area contributed by atoms with Crippen LogP contribution in [0.1, 0.15) is 18.5 Å². The molecule has 0 saturated carbocycles. The minimum Gasteiger partial charge on any atom is -0.466 e. The minimum atomic E-state index is -0.567. The molecule has 0 spiro atoms. The molecular formula is C19H17BrCl2FN3O2. The van der Waals surface area contributed by atoms with Crippen LogP contribution in [0.2, 0.25) is 5.02 Å².